The van der Waals surface area contributed by atoms with Crippen LogP contribution in [0, 0.1) is 6.92 Å². The van der Waals surface area contributed by atoms with Crippen molar-refractivity contribution in [3.63, 3.8) is 0 Å². The maximum atomic E-state index is 5.66. The minimum Gasteiger partial charge on any atom is -0.352 e. The molecule has 4 nitrogen and oxygen atoms in total. The number of nitrogens with zero attached hydrogens (tertiary/aromatic N) is 3. The molecule has 2 aromatic heterocycles. The Balaban J connectivity index is 1.88. The van der Waals surface area contributed by atoms with E-state index in [1.807, 2.05) is 29.7 Å². The molecule has 2 atom stereocenters. The van der Waals surface area contributed by atoms with Crippen LogP contribution in [0.4, 0.5) is 0 Å². The van der Waals surface area contributed by atoms with Crippen LogP contribution in [-0.4, -0.2) is 47.1 Å². The molecule has 0 spiro atoms. The van der Waals surface area contributed by atoms with Gasteiger partial charge in [0.25, 0.3) is 0 Å². The molecule has 24 heavy (non-hydrogen) atoms. The van der Waals surface area contributed by atoms with E-state index in [0.29, 0.717) is 0 Å². The van der Waals surface area contributed by atoms with Crippen molar-refractivity contribution in [1.82, 2.24) is 20.1 Å². The van der Waals surface area contributed by atoms with Gasteiger partial charge in [0.05, 0.1) is 17.8 Å². The minimum absolute atomic E-state index is 0.108. The summed E-state index contributed by atoms with van der Waals surface area (Å²) in [6, 6.07) is 10.8. The summed E-state index contributed by atoms with van der Waals surface area (Å²) >= 11 is 7.51. The van der Waals surface area contributed by atoms with Crippen molar-refractivity contribution in [2.75, 3.05) is 27.2 Å². The predicted octanol–water partition coefficient (Wildman–Crippen LogP) is 3.38. The number of rotatable bonds is 6. The van der Waals surface area contributed by atoms with Crippen LogP contribution in [0.25, 0.3) is 0 Å². The topological polar surface area (TPSA) is 31.4 Å². The van der Waals surface area contributed by atoms with E-state index in [0.717, 1.165) is 30.3 Å². The Morgan fingerprint density at radius 3 is 2.75 bits per heavy atom. The van der Waals surface area contributed by atoms with Crippen molar-refractivity contribution in [2.45, 2.75) is 25.4 Å². The van der Waals surface area contributed by atoms with E-state index in [2.05, 4.69) is 59.3 Å². The maximum absolute atomic E-state index is 5.66. The average molecular weight is 361 g/mol. The fourth-order valence-corrected chi connectivity index (χ4v) is 4.48. The van der Waals surface area contributed by atoms with Gasteiger partial charge in [-0.15, -0.1) is 11.3 Å². The van der Waals surface area contributed by atoms with Gasteiger partial charge in [-0.05, 0) is 70.5 Å². The highest BCUT2D eigenvalue weighted by molar-refractivity contribution is 7.80. The molecule has 0 unspecified atom stereocenters. The van der Waals surface area contributed by atoms with Gasteiger partial charge in [-0.1, -0.05) is 6.07 Å². The number of hydrogen-bond donors (Lipinski definition) is 1. The molecule has 3 heterocycles. The number of aryl methyl sites for hydroxylation is 1. The van der Waals surface area contributed by atoms with Gasteiger partial charge < -0.3 is 15.1 Å². The van der Waals surface area contributed by atoms with Crippen molar-refractivity contribution in [2.24, 2.45) is 0 Å². The zero-order valence-corrected chi connectivity index (χ0v) is 16.0. The maximum Gasteiger partial charge on any atom is 0.170 e. The number of hydrogen-bond acceptors (Lipinski definition) is 4. The zero-order valence-electron chi connectivity index (χ0n) is 14.4. The van der Waals surface area contributed by atoms with Gasteiger partial charge in [-0.25, -0.2) is 0 Å². The summed E-state index contributed by atoms with van der Waals surface area (Å²) in [6.07, 6.45) is 2.94. The van der Waals surface area contributed by atoms with Crippen molar-refractivity contribution < 1.29 is 0 Å². The lowest BCUT2D eigenvalue weighted by atomic mass is 10.0. The number of pyridine rings is 1. The quantitative estimate of drug-likeness (QED) is 0.798. The second kappa shape index (κ2) is 7.59. The van der Waals surface area contributed by atoms with Crippen LogP contribution in [0.3, 0.4) is 0 Å². The van der Waals surface area contributed by atoms with E-state index in [1.165, 1.54) is 9.75 Å². The SMILES string of the molecule is Cc1ccc([C@@H]2[C@@H](c3ccccn3)NC(=S)N2CCCN(C)C)s1. The first kappa shape index (κ1) is 17.3. The molecule has 3 rings (SSSR count). The Labute approximate surface area is 153 Å². The van der Waals surface area contributed by atoms with Crippen LogP contribution in [-0.2, 0) is 0 Å². The fraction of sp³-hybridized carbons (Fsp3) is 0.444. The Morgan fingerprint density at radius 1 is 1.29 bits per heavy atom. The smallest absolute Gasteiger partial charge is 0.170 e. The van der Waals surface area contributed by atoms with Gasteiger partial charge >= 0.3 is 0 Å². The number of thiocarbonyl (C=S) groups is 1. The summed E-state index contributed by atoms with van der Waals surface area (Å²) in [7, 11) is 4.22. The molecule has 2 aromatic rings. The first-order chi connectivity index (χ1) is 11.6. The standard InChI is InChI=1S/C18H24N4S2/c1-13-8-9-15(24-13)17-16(14-7-4-5-10-19-14)20-18(23)22(17)12-6-11-21(2)3/h4-5,7-10,16-17H,6,11-12H2,1-3H3,(H,20,23)/t16-,17-/m1/s1. The number of nitrogens with one attached hydrogen (secondary N) is 1. The molecule has 1 N–H and O–H groups in total. The van der Waals surface area contributed by atoms with Crippen LogP contribution in [0.5, 0.6) is 0 Å². The molecule has 0 aromatic carbocycles. The molecule has 0 saturated carbocycles. The van der Waals surface area contributed by atoms with Gasteiger partial charge in [0.1, 0.15) is 0 Å². The minimum atomic E-state index is 0.108. The van der Waals surface area contributed by atoms with E-state index < -0.39 is 0 Å². The summed E-state index contributed by atoms with van der Waals surface area (Å²) in [5, 5.41) is 4.34. The molecule has 0 radical (unpaired) electrons. The summed E-state index contributed by atoms with van der Waals surface area (Å²) in [5.41, 5.74) is 1.05. The Kier molecular flexibility index (Phi) is 5.48. The number of thiophene rings is 1. The summed E-state index contributed by atoms with van der Waals surface area (Å²) in [6.45, 7) is 4.17. The molecular formula is C18H24N4S2. The van der Waals surface area contributed by atoms with Crippen molar-refractivity contribution in [3.05, 3.63) is 52.0 Å². The lowest BCUT2D eigenvalue weighted by Crippen LogP contribution is -2.32. The Hall–Kier alpha value is -1.50. The molecule has 1 fully saturated rings. The molecule has 1 aliphatic rings. The highest BCUT2D eigenvalue weighted by atomic mass is 32.1. The molecule has 128 valence electrons. The summed E-state index contributed by atoms with van der Waals surface area (Å²) in [5.74, 6) is 0. The lowest BCUT2D eigenvalue weighted by Gasteiger charge is -2.27. The van der Waals surface area contributed by atoms with Gasteiger partial charge in [0.2, 0.25) is 0 Å². The van der Waals surface area contributed by atoms with E-state index in [-0.39, 0.29) is 12.1 Å². The monoisotopic (exact) mass is 360 g/mol. The lowest BCUT2D eigenvalue weighted by molar-refractivity contribution is 0.296. The van der Waals surface area contributed by atoms with E-state index in [9.17, 15) is 0 Å². The van der Waals surface area contributed by atoms with Crippen LogP contribution in [0.2, 0.25) is 0 Å². The van der Waals surface area contributed by atoms with Crippen molar-refractivity contribution in [1.29, 1.82) is 0 Å². The van der Waals surface area contributed by atoms with Crippen LogP contribution < -0.4 is 5.32 Å². The second-order valence-corrected chi connectivity index (χ2v) is 8.13. The predicted molar refractivity (Wildman–Crippen MR) is 104 cm³/mol. The van der Waals surface area contributed by atoms with E-state index in [4.69, 9.17) is 12.2 Å². The summed E-state index contributed by atoms with van der Waals surface area (Å²) < 4.78 is 0. The molecule has 6 heteroatoms. The molecule has 0 amide bonds. The van der Waals surface area contributed by atoms with E-state index >= 15 is 0 Å². The van der Waals surface area contributed by atoms with Gasteiger partial charge in [0, 0.05) is 22.5 Å². The van der Waals surface area contributed by atoms with Gasteiger partial charge in [-0.2, -0.15) is 0 Å². The van der Waals surface area contributed by atoms with Crippen molar-refractivity contribution in [3.8, 4) is 0 Å². The van der Waals surface area contributed by atoms with Crippen LogP contribution in [0.1, 0.15) is 34.0 Å². The molecule has 0 bridgehead atoms. The van der Waals surface area contributed by atoms with E-state index in [1.54, 1.807) is 0 Å². The highest BCUT2D eigenvalue weighted by Gasteiger charge is 2.40. The fourth-order valence-electron chi connectivity index (χ4n) is 3.12. The van der Waals surface area contributed by atoms with Crippen LogP contribution in [0.15, 0.2) is 36.5 Å². The average Bonchev–Trinajstić information content (AvgIpc) is 3.12. The number of aromatic nitrogens is 1. The first-order valence-electron chi connectivity index (χ1n) is 8.25. The zero-order chi connectivity index (χ0) is 17.1. The third-order valence-corrected chi connectivity index (χ3v) is 5.68. The summed E-state index contributed by atoms with van der Waals surface area (Å²) in [4.78, 5) is 11.8. The third kappa shape index (κ3) is 3.77. The molecule has 0 aliphatic carbocycles. The Bertz CT molecular complexity index is 683. The first-order valence-corrected chi connectivity index (χ1v) is 9.48. The van der Waals surface area contributed by atoms with Crippen molar-refractivity contribution >= 4 is 28.7 Å². The molecule has 1 saturated heterocycles. The second-order valence-electron chi connectivity index (χ2n) is 6.43. The van der Waals surface area contributed by atoms with Crippen LogP contribution >= 0.6 is 23.6 Å². The largest absolute Gasteiger partial charge is 0.352 e. The molecule has 1 aliphatic heterocycles. The third-order valence-electron chi connectivity index (χ3n) is 4.25. The Morgan fingerprint density at radius 2 is 2.12 bits per heavy atom. The normalized spacial score (nSPS) is 20.7. The van der Waals surface area contributed by atoms with Gasteiger partial charge in [-0.3, -0.25) is 4.98 Å². The highest BCUT2D eigenvalue weighted by Crippen LogP contribution is 2.41. The van der Waals surface area contributed by atoms with Gasteiger partial charge in [0.15, 0.2) is 5.11 Å². The molecular weight excluding hydrogens is 336 g/mol.